The zero-order chi connectivity index (χ0) is 21.5. The predicted molar refractivity (Wildman–Crippen MR) is 115 cm³/mol. The molecule has 3 atom stereocenters. The molecule has 1 aliphatic rings. The van der Waals surface area contributed by atoms with E-state index in [9.17, 15) is 14.6 Å². The monoisotopic (exact) mass is 459 g/mol. The van der Waals surface area contributed by atoms with Crippen molar-refractivity contribution in [1.29, 1.82) is 0 Å². The molecule has 1 aromatic carbocycles. The van der Waals surface area contributed by atoms with Crippen molar-refractivity contribution >= 4 is 34.6 Å². The number of aromatic nitrogens is 6. The first-order valence-corrected chi connectivity index (χ1v) is 11.4. The van der Waals surface area contributed by atoms with Crippen molar-refractivity contribution in [3.05, 3.63) is 52.8 Å². The van der Waals surface area contributed by atoms with Gasteiger partial charge in [0, 0.05) is 30.3 Å². The molecule has 0 bridgehead atoms. The fraction of sp³-hybridized carbons (Fsp3) is 0.316. The van der Waals surface area contributed by atoms with E-state index in [4.69, 9.17) is 0 Å². The summed E-state index contributed by atoms with van der Waals surface area (Å²) in [6.45, 7) is 2.16. The second-order valence-electron chi connectivity index (χ2n) is 7.13. The third kappa shape index (κ3) is 3.76. The van der Waals surface area contributed by atoms with Crippen LogP contribution in [-0.2, 0) is 6.54 Å². The quantitative estimate of drug-likeness (QED) is 0.412. The summed E-state index contributed by atoms with van der Waals surface area (Å²) in [5.41, 5.74) is 1.65. The second-order valence-corrected chi connectivity index (χ2v) is 9.49. The van der Waals surface area contributed by atoms with Gasteiger partial charge in [-0.15, -0.1) is 32.2 Å². The Morgan fingerprint density at radius 3 is 2.81 bits per heavy atom. The molecule has 4 heterocycles. The lowest BCUT2D eigenvalue weighted by Crippen LogP contribution is -2.25. The minimum atomic E-state index is -0.903. The zero-order valence-electron chi connectivity index (χ0n) is 16.3. The Bertz CT molecular complexity index is 1250. The average molecular weight is 460 g/mol. The van der Waals surface area contributed by atoms with Crippen LogP contribution in [-0.4, -0.2) is 58.0 Å². The van der Waals surface area contributed by atoms with Crippen LogP contribution in [0.1, 0.15) is 21.6 Å². The molecule has 0 saturated carbocycles. The van der Waals surface area contributed by atoms with Gasteiger partial charge >= 0.3 is 0 Å². The van der Waals surface area contributed by atoms with Gasteiger partial charge in [0.2, 0.25) is 5.65 Å². The molecule has 1 aliphatic heterocycles. The van der Waals surface area contributed by atoms with Crippen molar-refractivity contribution in [3.63, 3.8) is 0 Å². The lowest BCUT2D eigenvalue weighted by atomic mass is 10.1. The number of benzene rings is 1. The first kappa shape index (κ1) is 20.2. The summed E-state index contributed by atoms with van der Waals surface area (Å²) in [4.78, 5) is 4.32. The van der Waals surface area contributed by atoms with Gasteiger partial charge in [-0.2, -0.15) is 0 Å². The fourth-order valence-corrected chi connectivity index (χ4v) is 5.43. The van der Waals surface area contributed by atoms with E-state index in [1.54, 1.807) is 22.9 Å². The van der Waals surface area contributed by atoms with Crippen molar-refractivity contribution in [2.24, 2.45) is 0 Å². The molecule has 12 heteroatoms. The molecular weight excluding hydrogens is 441 g/mol. The summed E-state index contributed by atoms with van der Waals surface area (Å²) in [5, 5.41) is 40.5. The smallest absolute Gasteiger partial charge is 0.203 e. The Labute approximate surface area is 184 Å². The topological polar surface area (TPSA) is 121 Å². The Morgan fingerprint density at radius 1 is 1.23 bits per heavy atom. The number of nitrogens with zero attached hydrogens (tertiary/aromatic N) is 6. The Morgan fingerprint density at radius 2 is 2.10 bits per heavy atom. The van der Waals surface area contributed by atoms with Crippen molar-refractivity contribution in [3.8, 4) is 10.6 Å². The van der Waals surface area contributed by atoms with Crippen LogP contribution in [0.3, 0.4) is 0 Å². The summed E-state index contributed by atoms with van der Waals surface area (Å²) in [6.07, 6.45) is 1.63. The molecule has 160 valence electrons. The van der Waals surface area contributed by atoms with E-state index >= 15 is 0 Å². The first-order chi connectivity index (χ1) is 15.0. The molecule has 0 aliphatic carbocycles. The molecule has 9 nitrogen and oxygen atoms in total. The van der Waals surface area contributed by atoms with Gasteiger partial charge in [-0.1, -0.05) is 17.4 Å². The lowest BCUT2D eigenvalue weighted by molar-refractivity contribution is 0.0404. The number of fused-ring (bicyclic) bond motifs is 1. The Kier molecular flexibility index (Phi) is 5.30. The number of hydrogen-bond donors (Lipinski definition) is 3. The van der Waals surface area contributed by atoms with Gasteiger partial charge in [-0.3, -0.25) is 4.40 Å². The van der Waals surface area contributed by atoms with E-state index in [0.717, 1.165) is 10.6 Å². The zero-order valence-corrected chi connectivity index (χ0v) is 17.9. The van der Waals surface area contributed by atoms with Gasteiger partial charge in [0.1, 0.15) is 10.8 Å². The van der Waals surface area contributed by atoms with Gasteiger partial charge < -0.3 is 15.5 Å². The van der Waals surface area contributed by atoms with E-state index in [-0.39, 0.29) is 11.1 Å². The van der Waals surface area contributed by atoms with Crippen LogP contribution in [0.4, 0.5) is 10.2 Å². The molecular formula is C19H18FN7O2S2. The molecule has 1 fully saturated rings. The number of aliphatic hydroxyl groups is 2. The molecule has 3 aromatic heterocycles. The summed E-state index contributed by atoms with van der Waals surface area (Å²) < 4.78 is 16.3. The van der Waals surface area contributed by atoms with Crippen molar-refractivity contribution < 1.29 is 14.6 Å². The SMILES string of the molecule is Cc1nnc(-c2ccc(CNc3nccn4c([C@@H]5SC[C@@H](O)[C@H]5O)nnc34)cc2F)s1. The van der Waals surface area contributed by atoms with Crippen LogP contribution in [0.2, 0.25) is 0 Å². The van der Waals surface area contributed by atoms with E-state index in [1.807, 2.05) is 13.0 Å². The molecule has 31 heavy (non-hydrogen) atoms. The summed E-state index contributed by atoms with van der Waals surface area (Å²) >= 11 is 2.78. The Balaban J connectivity index is 1.36. The third-order valence-electron chi connectivity index (χ3n) is 5.01. The molecule has 5 rings (SSSR count). The Hall–Kier alpha value is -2.67. The number of rotatable bonds is 5. The number of halogens is 1. The number of aliphatic hydroxyl groups excluding tert-OH is 2. The van der Waals surface area contributed by atoms with Crippen molar-refractivity contribution in [2.75, 3.05) is 11.1 Å². The largest absolute Gasteiger partial charge is 0.390 e. The molecule has 1 saturated heterocycles. The minimum absolute atomic E-state index is 0.334. The maximum atomic E-state index is 14.6. The number of anilines is 1. The highest BCUT2D eigenvalue weighted by atomic mass is 32.2. The number of hydrogen-bond acceptors (Lipinski definition) is 10. The number of aryl methyl sites for hydroxylation is 1. The predicted octanol–water partition coefficient (Wildman–Crippen LogP) is 2.21. The normalized spacial score (nSPS) is 21.1. The standard InChI is InChI=1S/C19H18FN7O2S2/c1-9-23-26-19(31-9)11-3-2-10(6-12(11)20)7-22-16-18-25-24-17(27(18)5-4-21-16)15-14(29)13(28)8-30-15/h2-6,13-15,28-29H,7-8H2,1H3,(H,21,22)/t13-,14-,15-/m1/s1. The third-order valence-corrected chi connectivity index (χ3v) is 7.26. The van der Waals surface area contributed by atoms with Gasteiger partial charge in [0.25, 0.3) is 0 Å². The van der Waals surface area contributed by atoms with E-state index in [1.165, 1.54) is 29.2 Å². The maximum Gasteiger partial charge on any atom is 0.203 e. The number of nitrogens with one attached hydrogen (secondary N) is 1. The van der Waals surface area contributed by atoms with Crippen LogP contribution < -0.4 is 5.32 Å². The molecule has 0 unspecified atom stereocenters. The van der Waals surface area contributed by atoms with E-state index in [2.05, 4.69) is 30.7 Å². The van der Waals surface area contributed by atoms with Crippen LogP contribution in [0.5, 0.6) is 0 Å². The van der Waals surface area contributed by atoms with Gasteiger partial charge in [-0.05, 0) is 24.6 Å². The molecule has 3 N–H and O–H groups in total. The summed E-state index contributed by atoms with van der Waals surface area (Å²) in [5.74, 6) is 1.12. The van der Waals surface area contributed by atoms with Gasteiger partial charge in [0.15, 0.2) is 16.6 Å². The van der Waals surface area contributed by atoms with Crippen LogP contribution >= 0.6 is 23.1 Å². The highest BCUT2D eigenvalue weighted by Gasteiger charge is 2.38. The number of thioether (sulfide) groups is 1. The van der Waals surface area contributed by atoms with Gasteiger partial charge in [0.05, 0.1) is 17.5 Å². The first-order valence-electron chi connectivity index (χ1n) is 9.51. The summed E-state index contributed by atoms with van der Waals surface area (Å²) in [7, 11) is 0. The van der Waals surface area contributed by atoms with Crippen molar-refractivity contribution in [2.45, 2.75) is 30.9 Å². The maximum absolute atomic E-state index is 14.6. The molecule has 0 radical (unpaired) electrons. The second kappa shape index (κ2) is 8.11. The van der Waals surface area contributed by atoms with Crippen LogP contribution in [0.25, 0.3) is 16.2 Å². The van der Waals surface area contributed by atoms with Gasteiger partial charge in [-0.25, -0.2) is 9.37 Å². The van der Waals surface area contributed by atoms with E-state index < -0.39 is 12.2 Å². The van der Waals surface area contributed by atoms with E-state index in [0.29, 0.717) is 40.2 Å². The minimum Gasteiger partial charge on any atom is -0.390 e. The van der Waals surface area contributed by atoms with Crippen molar-refractivity contribution in [1.82, 2.24) is 29.8 Å². The highest BCUT2D eigenvalue weighted by Crippen LogP contribution is 2.39. The molecule has 0 spiro atoms. The lowest BCUT2D eigenvalue weighted by Gasteiger charge is -2.14. The molecule has 4 aromatic rings. The fourth-order valence-electron chi connectivity index (χ4n) is 3.42. The summed E-state index contributed by atoms with van der Waals surface area (Å²) in [6, 6.07) is 4.98. The molecule has 0 amide bonds. The highest BCUT2D eigenvalue weighted by molar-refractivity contribution is 7.99. The average Bonchev–Trinajstić information content (AvgIpc) is 3.46. The van der Waals surface area contributed by atoms with Crippen LogP contribution in [0.15, 0.2) is 30.6 Å². The van der Waals surface area contributed by atoms with Crippen LogP contribution in [0, 0.1) is 12.7 Å².